The molecule has 1 saturated heterocycles. The molecule has 0 aromatic rings. The molecule has 7 heavy (non-hydrogen) atoms. The minimum Gasteiger partial charge on any atom is -0.331 e. The Hall–Kier alpha value is -0.220. The van der Waals surface area contributed by atoms with Crippen molar-refractivity contribution in [2.45, 2.75) is 0 Å². The second-order valence-electron chi connectivity index (χ2n) is 1.12. The van der Waals surface area contributed by atoms with Gasteiger partial charge in [0.1, 0.15) is 6.73 Å². The molecular formula is C3H5NO2S. The van der Waals surface area contributed by atoms with Gasteiger partial charge < -0.3 is 5.32 Å². The fourth-order valence-electron chi connectivity index (χ4n) is 0.298. The van der Waals surface area contributed by atoms with Gasteiger partial charge in [0.2, 0.25) is 5.91 Å². The van der Waals surface area contributed by atoms with Crippen molar-refractivity contribution in [3.8, 4) is 0 Å². The van der Waals surface area contributed by atoms with Crippen LogP contribution in [0.25, 0.3) is 0 Å². The first-order valence-corrected chi connectivity index (χ1v) is 2.82. The van der Waals surface area contributed by atoms with Gasteiger partial charge in [-0.3, -0.25) is 8.98 Å². The summed E-state index contributed by atoms with van der Waals surface area (Å²) >= 11 is 1.19. The molecule has 40 valence electrons. The molecule has 1 fully saturated rings. The Bertz CT molecular complexity index is 77.0. The van der Waals surface area contributed by atoms with Crippen LogP contribution in [0.1, 0.15) is 0 Å². The van der Waals surface area contributed by atoms with Crippen molar-refractivity contribution in [1.82, 2.24) is 5.32 Å². The fourth-order valence-corrected chi connectivity index (χ4v) is 0.733. The van der Waals surface area contributed by atoms with E-state index >= 15 is 0 Å². The Morgan fingerprint density at radius 3 is 3.00 bits per heavy atom. The molecule has 1 heterocycles. The monoisotopic (exact) mass is 119 g/mol. The van der Waals surface area contributed by atoms with Crippen LogP contribution in [0.15, 0.2) is 0 Å². The van der Waals surface area contributed by atoms with Crippen molar-refractivity contribution in [2.24, 2.45) is 0 Å². The second kappa shape index (κ2) is 2.18. The summed E-state index contributed by atoms with van der Waals surface area (Å²) in [5.41, 5.74) is 0. The van der Waals surface area contributed by atoms with Gasteiger partial charge in [0.25, 0.3) is 0 Å². The third-order valence-corrected chi connectivity index (χ3v) is 1.27. The highest BCUT2D eigenvalue weighted by molar-refractivity contribution is 7.95. The van der Waals surface area contributed by atoms with E-state index in [0.717, 1.165) is 0 Å². The van der Waals surface area contributed by atoms with E-state index < -0.39 is 0 Å². The SMILES string of the molecule is O=C1CSOCN1. The van der Waals surface area contributed by atoms with Gasteiger partial charge in [0, 0.05) is 12.0 Å². The molecule has 1 aliphatic rings. The number of amides is 1. The van der Waals surface area contributed by atoms with E-state index in [1.165, 1.54) is 12.0 Å². The molecule has 0 aromatic heterocycles. The maximum atomic E-state index is 10.3. The van der Waals surface area contributed by atoms with Crippen molar-refractivity contribution in [1.29, 1.82) is 0 Å². The normalized spacial score (nSPS) is 21.4. The molecule has 1 N–H and O–H groups in total. The number of carbonyl (C=O) groups excluding carboxylic acids is 1. The average Bonchev–Trinajstić information content (AvgIpc) is 1.69. The lowest BCUT2D eigenvalue weighted by Crippen LogP contribution is -2.30. The van der Waals surface area contributed by atoms with Crippen LogP contribution in [0.4, 0.5) is 0 Å². The van der Waals surface area contributed by atoms with E-state index in [2.05, 4.69) is 5.32 Å². The molecule has 0 saturated carbocycles. The smallest absolute Gasteiger partial charge is 0.234 e. The van der Waals surface area contributed by atoms with Gasteiger partial charge in [-0.25, -0.2) is 0 Å². The first-order valence-electron chi connectivity index (χ1n) is 1.91. The lowest BCUT2D eigenvalue weighted by molar-refractivity contribution is -0.120. The standard InChI is InChI=1S/C3H5NO2S/c5-3-1-7-6-2-4-3/h1-2H2,(H,4,5). The first-order chi connectivity index (χ1) is 3.39. The van der Waals surface area contributed by atoms with Crippen molar-refractivity contribution < 1.29 is 8.98 Å². The van der Waals surface area contributed by atoms with E-state index in [0.29, 0.717) is 12.5 Å². The molecule has 1 aliphatic heterocycles. The van der Waals surface area contributed by atoms with Crippen LogP contribution < -0.4 is 5.32 Å². The molecule has 0 aliphatic carbocycles. The maximum Gasteiger partial charge on any atom is 0.234 e. The maximum absolute atomic E-state index is 10.3. The van der Waals surface area contributed by atoms with Crippen LogP contribution in [0.3, 0.4) is 0 Å². The topological polar surface area (TPSA) is 38.3 Å². The zero-order chi connectivity index (χ0) is 5.11. The highest BCUT2D eigenvalue weighted by Gasteiger charge is 2.05. The molecule has 0 atom stereocenters. The molecule has 0 radical (unpaired) electrons. The molecule has 0 bridgehead atoms. The molecule has 4 heteroatoms. The minimum absolute atomic E-state index is 0.0521. The summed E-state index contributed by atoms with van der Waals surface area (Å²) in [4.78, 5) is 10.3. The summed E-state index contributed by atoms with van der Waals surface area (Å²) in [5.74, 6) is 0.483. The van der Waals surface area contributed by atoms with Gasteiger partial charge in [0.15, 0.2) is 0 Å². The molecule has 1 rings (SSSR count). The number of nitrogens with one attached hydrogen (secondary N) is 1. The molecule has 3 nitrogen and oxygen atoms in total. The van der Waals surface area contributed by atoms with E-state index in [-0.39, 0.29) is 5.91 Å². The third-order valence-electron chi connectivity index (χ3n) is 0.602. The van der Waals surface area contributed by atoms with E-state index in [1.807, 2.05) is 0 Å². The summed E-state index contributed by atoms with van der Waals surface area (Å²) in [5, 5.41) is 2.50. The number of carbonyl (C=O) groups is 1. The Labute approximate surface area is 45.6 Å². The summed E-state index contributed by atoms with van der Waals surface area (Å²) in [7, 11) is 0. The predicted molar refractivity (Wildman–Crippen MR) is 26.6 cm³/mol. The van der Waals surface area contributed by atoms with Gasteiger partial charge in [-0.05, 0) is 0 Å². The van der Waals surface area contributed by atoms with Crippen molar-refractivity contribution >= 4 is 17.9 Å². The lowest BCUT2D eigenvalue weighted by Gasteiger charge is -2.08. The van der Waals surface area contributed by atoms with E-state index in [4.69, 9.17) is 4.18 Å². The van der Waals surface area contributed by atoms with E-state index in [9.17, 15) is 4.79 Å². The predicted octanol–water partition coefficient (Wildman–Crippen LogP) is -0.262. The lowest BCUT2D eigenvalue weighted by atomic mass is 10.7. The van der Waals surface area contributed by atoms with Gasteiger partial charge in [-0.1, -0.05) is 0 Å². The van der Waals surface area contributed by atoms with Crippen molar-refractivity contribution in [3.05, 3.63) is 0 Å². The van der Waals surface area contributed by atoms with Crippen LogP contribution in [0.2, 0.25) is 0 Å². The van der Waals surface area contributed by atoms with E-state index in [1.54, 1.807) is 0 Å². The van der Waals surface area contributed by atoms with Crippen LogP contribution in [0, 0.1) is 0 Å². The number of hydrogen-bond donors (Lipinski definition) is 1. The largest absolute Gasteiger partial charge is 0.331 e. The number of hydrogen-bond acceptors (Lipinski definition) is 3. The van der Waals surface area contributed by atoms with Gasteiger partial charge in [0.05, 0.1) is 5.75 Å². The Balaban J connectivity index is 2.25. The summed E-state index contributed by atoms with van der Waals surface area (Å²) in [6, 6.07) is 0. The zero-order valence-electron chi connectivity index (χ0n) is 3.64. The second-order valence-corrected chi connectivity index (χ2v) is 1.88. The quantitative estimate of drug-likeness (QED) is 0.446. The minimum atomic E-state index is 0.0521. The average molecular weight is 119 g/mol. The van der Waals surface area contributed by atoms with Crippen LogP contribution in [-0.4, -0.2) is 18.4 Å². The van der Waals surface area contributed by atoms with Crippen LogP contribution >= 0.6 is 12.0 Å². The molecule has 0 spiro atoms. The first kappa shape index (κ1) is 4.93. The molecule has 0 unspecified atom stereocenters. The molecule has 1 amide bonds. The third kappa shape index (κ3) is 1.36. The summed E-state index contributed by atoms with van der Waals surface area (Å²) < 4.78 is 4.72. The molecular weight excluding hydrogens is 114 g/mol. The van der Waals surface area contributed by atoms with Gasteiger partial charge >= 0.3 is 0 Å². The Morgan fingerprint density at radius 2 is 2.71 bits per heavy atom. The van der Waals surface area contributed by atoms with Crippen molar-refractivity contribution in [2.75, 3.05) is 12.5 Å². The fraction of sp³-hybridized carbons (Fsp3) is 0.667. The van der Waals surface area contributed by atoms with Crippen molar-refractivity contribution in [3.63, 3.8) is 0 Å². The zero-order valence-corrected chi connectivity index (χ0v) is 4.46. The summed E-state index contributed by atoms with van der Waals surface area (Å²) in [6.07, 6.45) is 0. The van der Waals surface area contributed by atoms with Gasteiger partial charge in [-0.2, -0.15) is 0 Å². The Kier molecular flexibility index (Phi) is 1.54. The van der Waals surface area contributed by atoms with Crippen LogP contribution in [0.5, 0.6) is 0 Å². The Morgan fingerprint density at radius 1 is 1.86 bits per heavy atom. The summed E-state index contributed by atoms with van der Waals surface area (Å²) in [6.45, 7) is 0.351. The molecule has 0 aromatic carbocycles. The number of rotatable bonds is 0. The van der Waals surface area contributed by atoms with Gasteiger partial charge in [-0.15, -0.1) is 0 Å². The highest BCUT2D eigenvalue weighted by Crippen LogP contribution is 2.03. The highest BCUT2D eigenvalue weighted by atomic mass is 32.2. The van der Waals surface area contributed by atoms with Crippen LogP contribution in [-0.2, 0) is 8.98 Å².